The van der Waals surface area contributed by atoms with Gasteiger partial charge in [0.2, 0.25) is 0 Å². The summed E-state index contributed by atoms with van der Waals surface area (Å²) in [5.74, 6) is -0.0243. The Labute approximate surface area is 97.6 Å². The van der Waals surface area contributed by atoms with Gasteiger partial charge in [-0.1, -0.05) is 43.7 Å². The van der Waals surface area contributed by atoms with Crippen LogP contribution < -0.4 is 0 Å². The van der Waals surface area contributed by atoms with Crippen molar-refractivity contribution in [2.75, 3.05) is 6.61 Å². The lowest BCUT2D eigenvalue weighted by Crippen LogP contribution is -2.20. The van der Waals surface area contributed by atoms with Crippen molar-refractivity contribution in [3.63, 3.8) is 0 Å². The SMILES string of the molecule is CCOC(=O)C(c1cccc(C)c1)C(C)C. The van der Waals surface area contributed by atoms with Crippen molar-refractivity contribution in [1.29, 1.82) is 0 Å². The summed E-state index contributed by atoms with van der Waals surface area (Å²) in [4.78, 5) is 11.9. The summed E-state index contributed by atoms with van der Waals surface area (Å²) >= 11 is 0. The standard InChI is InChI=1S/C14H20O2/c1-5-16-14(15)13(10(2)3)12-8-6-7-11(4)9-12/h6-10,13H,5H2,1-4H3. The van der Waals surface area contributed by atoms with Crippen molar-refractivity contribution >= 4 is 5.97 Å². The molecule has 1 aromatic carbocycles. The molecule has 0 N–H and O–H groups in total. The molecule has 0 saturated heterocycles. The minimum absolute atomic E-state index is 0.122. The van der Waals surface area contributed by atoms with Crippen molar-refractivity contribution in [2.45, 2.75) is 33.6 Å². The molecule has 88 valence electrons. The molecule has 1 rings (SSSR count). The van der Waals surface area contributed by atoms with Gasteiger partial charge in [-0.25, -0.2) is 0 Å². The quantitative estimate of drug-likeness (QED) is 0.728. The van der Waals surface area contributed by atoms with Crippen LogP contribution in [-0.4, -0.2) is 12.6 Å². The zero-order valence-corrected chi connectivity index (χ0v) is 10.5. The summed E-state index contributed by atoms with van der Waals surface area (Å²) in [5, 5.41) is 0. The summed E-state index contributed by atoms with van der Waals surface area (Å²) in [6.07, 6.45) is 0. The normalized spacial score (nSPS) is 12.6. The maximum absolute atomic E-state index is 11.9. The highest BCUT2D eigenvalue weighted by atomic mass is 16.5. The molecule has 0 bridgehead atoms. The van der Waals surface area contributed by atoms with E-state index in [2.05, 4.69) is 6.07 Å². The highest BCUT2D eigenvalue weighted by Crippen LogP contribution is 2.26. The van der Waals surface area contributed by atoms with Gasteiger partial charge < -0.3 is 4.74 Å². The molecule has 0 radical (unpaired) electrons. The van der Waals surface area contributed by atoms with E-state index in [1.807, 2.05) is 45.9 Å². The summed E-state index contributed by atoms with van der Waals surface area (Å²) in [5.41, 5.74) is 2.22. The molecule has 0 amide bonds. The van der Waals surface area contributed by atoms with Crippen molar-refractivity contribution < 1.29 is 9.53 Å². The van der Waals surface area contributed by atoms with Gasteiger partial charge in [-0.05, 0) is 25.3 Å². The van der Waals surface area contributed by atoms with Crippen LogP contribution >= 0.6 is 0 Å². The van der Waals surface area contributed by atoms with Crippen molar-refractivity contribution in [2.24, 2.45) is 5.92 Å². The molecule has 1 unspecified atom stereocenters. The Hall–Kier alpha value is -1.31. The Kier molecular flexibility index (Phi) is 4.53. The number of rotatable bonds is 4. The molecule has 0 aromatic heterocycles. The average molecular weight is 220 g/mol. The smallest absolute Gasteiger partial charge is 0.313 e. The Balaban J connectivity index is 2.98. The first-order valence-corrected chi connectivity index (χ1v) is 5.79. The molecule has 0 spiro atoms. The van der Waals surface area contributed by atoms with E-state index in [0.29, 0.717) is 6.61 Å². The maximum atomic E-state index is 11.9. The molecule has 16 heavy (non-hydrogen) atoms. The zero-order valence-electron chi connectivity index (χ0n) is 10.5. The molecule has 0 aliphatic heterocycles. The van der Waals surface area contributed by atoms with E-state index in [9.17, 15) is 4.79 Å². The van der Waals surface area contributed by atoms with Crippen LogP contribution in [0.5, 0.6) is 0 Å². The zero-order chi connectivity index (χ0) is 12.1. The lowest BCUT2D eigenvalue weighted by atomic mass is 9.88. The predicted molar refractivity (Wildman–Crippen MR) is 65.4 cm³/mol. The van der Waals surface area contributed by atoms with E-state index in [4.69, 9.17) is 4.74 Å². The molecule has 0 saturated carbocycles. The summed E-state index contributed by atoms with van der Waals surface area (Å²) in [6, 6.07) is 8.07. The molecule has 0 fully saturated rings. The highest BCUT2D eigenvalue weighted by molar-refractivity contribution is 5.78. The number of ether oxygens (including phenoxy) is 1. The van der Waals surface area contributed by atoms with Gasteiger partial charge in [0.05, 0.1) is 12.5 Å². The molecular weight excluding hydrogens is 200 g/mol. The van der Waals surface area contributed by atoms with E-state index in [1.54, 1.807) is 0 Å². The summed E-state index contributed by atoms with van der Waals surface area (Å²) in [6.45, 7) is 8.40. The minimum atomic E-state index is -0.153. The number of carbonyl (C=O) groups excluding carboxylic acids is 1. The number of hydrogen-bond donors (Lipinski definition) is 0. The third-order valence-electron chi connectivity index (χ3n) is 2.61. The van der Waals surface area contributed by atoms with Crippen LogP contribution in [0.15, 0.2) is 24.3 Å². The average Bonchev–Trinajstić information content (AvgIpc) is 2.17. The van der Waals surface area contributed by atoms with E-state index in [0.717, 1.165) is 5.56 Å². The minimum Gasteiger partial charge on any atom is -0.466 e. The predicted octanol–water partition coefficient (Wildman–Crippen LogP) is 3.30. The number of aryl methyl sites for hydroxylation is 1. The van der Waals surface area contributed by atoms with Gasteiger partial charge in [-0.2, -0.15) is 0 Å². The van der Waals surface area contributed by atoms with Crippen LogP contribution in [-0.2, 0) is 9.53 Å². The molecular formula is C14H20O2. The van der Waals surface area contributed by atoms with Gasteiger partial charge in [-0.15, -0.1) is 0 Å². The van der Waals surface area contributed by atoms with Crippen LogP contribution in [0.3, 0.4) is 0 Å². The Morgan fingerprint density at radius 1 is 1.38 bits per heavy atom. The second kappa shape index (κ2) is 5.69. The van der Waals surface area contributed by atoms with Crippen LogP contribution in [0, 0.1) is 12.8 Å². The van der Waals surface area contributed by atoms with Gasteiger partial charge >= 0.3 is 5.97 Å². The fraction of sp³-hybridized carbons (Fsp3) is 0.500. The van der Waals surface area contributed by atoms with Gasteiger partial charge in [0, 0.05) is 0 Å². The van der Waals surface area contributed by atoms with Crippen molar-refractivity contribution in [3.05, 3.63) is 35.4 Å². The highest BCUT2D eigenvalue weighted by Gasteiger charge is 2.25. The van der Waals surface area contributed by atoms with E-state index in [1.165, 1.54) is 5.56 Å². The molecule has 2 nitrogen and oxygen atoms in total. The monoisotopic (exact) mass is 220 g/mol. The third kappa shape index (κ3) is 3.09. The molecule has 1 aromatic rings. The largest absolute Gasteiger partial charge is 0.466 e. The first kappa shape index (κ1) is 12.8. The Bertz CT molecular complexity index is 356. The topological polar surface area (TPSA) is 26.3 Å². The third-order valence-corrected chi connectivity index (χ3v) is 2.61. The van der Waals surface area contributed by atoms with Gasteiger partial charge in [0.1, 0.15) is 0 Å². The molecule has 2 heteroatoms. The number of benzene rings is 1. The lowest BCUT2D eigenvalue weighted by Gasteiger charge is -2.19. The maximum Gasteiger partial charge on any atom is 0.313 e. The van der Waals surface area contributed by atoms with Crippen molar-refractivity contribution in [1.82, 2.24) is 0 Å². The summed E-state index contributed by atoms with van der Waals surface area (Å²) in [7, 11) is 0. The lowest BCUT2D eigenvalue weighted by molar-refractivity contribution is -0.146. The van der Waals surface area contributed by atoms with E-state index >= 15 is 0 Å². The number of esters is 1. The van der Waals surface area contributed by atoms with Gasteiger partial charge in [0.25, 0.3) is 0 Å². The van der Waals surface area contributed by atoms with Crippen LogP contribution in [0.2, 0.25) is 0 Å². The molecule has 0 aliphatic rings. The van der Waals surface area contributed by atoms with Crippen LogP contribution in [0.4, 0.5) is 0 Å². The fourth-order valence-electron chi connectivity index (χ4n) is 1.89. The van der Waals surface area contributed by atoms with Crippen LogP contribution in [0.1, 0.15) is 37.8 Å². The van der Waals surface area contributed by atoms with Gasteiger partial charge in [0.15, 0.2) is 0 Å². The van der Waals surface area contributed by atoms with Crippen molar-refractivity contribution in [3.8, 4) is 0 Å². The number of carbonyl (C=O) groups is 1. The number of hydrogen-bond acceptors (Lipinski definition) is 2. The summed E-state index contributed by atoms with van der Waals surface area (Å²) < 4.78 is 5.12. The second-order valence-electron chi connectivity index (χ2n) is 4.39. The Morgan fingerprint density at radius 3 is 2.56 bits per heavy atom. The van der Waals surface area contributed by atoms with E-state index < -0.39 is 0 Å². The molecule has 1 atom stereocenters. The molecule has 0 heterocycles. The first-order valence-electron chi connectivity index (χ1n) is 5.79. The fourth-order valence-corrected chi connectivity index (χ4v) is 1.89. The molecule has 0 aliphatic carbocycles. The van der Waals surface area contributed by atoms with Gasteiger partial charge in [-0.3, -0.25) is 4.79 Å². The second-order valence-corrected chi connectivity index (χ2v) is 4.39. The van der Waals surface area contributed by atoms with Crippen LogP contribution in [0.25, 0.3) is 0 Å². The Morgan fingerprint density at radius 2 is 2.06 bits per heavy atom. The van der Waals surface area contributed by atoms with E-state index in [-0.39, 0.29) is 17.8 Å². The first-order chi connectivity index (χ1) is 7.56.